The first-order chi connectivity index (χ1) is 19.4. The smallest absolute Gasteiger partial charge is 0.228 e. The summed E-state index contributed by atoms with van der Waals surface area (Å²) < 4.78 is 0. The minimum Gasteiger partial charge on any atom is -0.352 e. The number of rotatable bonds is 5. The Hall–Kier alpha value is -3.33. The monoisotopic (exact) mass is 558 g/mol. The van der Waals surface area contributed by atoms with Crippen molar-refractivity contribution in [3.8, 4) is 0 Å². The highest BCUT2D eigenvalue weighted by atomic mass is 32.1. The molecule has 4 heterocycles. The number of piperazine rings is 1. The molecule has 0 bridgehead atoms. The molecule has 0 aromatic carbocycles. The molecule has 0 radical (unpaired) electrons. The molecule has 0 spiro atoms. The third-order valence-corrected chi connectivity index (χ3v) is 9.72. The van der Waals surface area contributed by atoms with Crippen molar-refractivity contribution in [2.75, 3.05) is 36.4 Å². The van der Waals surface area contributed by atoms with E-state index < -0.39 is 0 Å². The van der Waals surface area contributed by atoms with E-state index in [9.17, 15) is 9.59 Å². The Morgan fingerprint density at radius 1 is 1.07 bits per heavy atom. The first-order valence-electron chi connectivity index (χ1n) is 14.6. The van der Waals surface area contributed by atoms with Crippen LogP contribution in [-0.2, 0) is 22.4 Å². The summed E-state index contributed by atoms with van der Waals surface area (Å²) in [6, 6.07) is 3.61. The second-order valence-corrected chi connectivity index (χ2v) is 12.9. The highest BCUT2D eigenvalue weighted by molar-refractivity contribution is 7.19. The van der Waals surface area contributed by atoms with Crippen LogP contribution in [0.2, 0.25) is 0 Å². The zero-order valence-electron chi connectivity index (χ0n) is 23.6. The molecule has 0 unspecified atom stereocenters. The molecule has 1 N–H and O–H groups in total. The van der Waals surface area contributed by atoms with Crippen molar-refractivity contribution in [1.82, 2.24) is 19.9 Å². The molecule has 9 heteroatoms. The van der Waals surface area contributed by atoms with Crippen LogP contribution >= 0.6 is 11.3 Å². The van der Waals surface area contributed by atoms with Crippen molar-refractivity contribution < 1.29 is 9.59 Å². The number of anilines is 2. The number of amides is 2. The maximum Gasteiger partial charge on any atom is 0.228 e. The summed E-state index contributed by atoms with van der Waals surface area (Å²) in [4.78, 5) is 48.0. The van der Waals surface area contributed by atoms with Crippen LogP contribution in [0.15, 0.2) is 36.7 Å². The van der Waals surface area contributed by atoms with Gasteiger partial charge in [0, 0.05) is 43.2 Å². The summed E-state index contributed by atoms with van der Waals surface area (Å²) in [5, 5.41) is 4.19. The van der Waals surface area contributed by atoms with Gasteiger partial charge in [-0.25, -0.2) is 9.97 Å². The van der Waals surface area contributed by atoms with E-state index in [4.69, 9.17) is 9.97 Å². The molecular weight excluding hydrogens is 520 g/mol. The largest absolute Gasteiger partial charge is 0.352 e. The summed E-state index contributed by atoms with van der Waals surface area (Å²) in [5.41, 5.74) is 2.10. The first kappa shape index (κ1) is 26.9. The number of aryl methyl sites for hydroxylation is 1. The summed E-state index contributed by atoms with van der Waals surface area (Å²) in [5.74, 6) is 2.12. The fourth-order valence-electron chi connectivity index (χ4n) is 6.25. The van der Waals surface area contributed by atoms with Crippen molar-refractivity contribution in [3.05, 3.63) is 52.9 Å². The number of fused-ring (bicyclic) bond motifs is 3. The molecule has 2 aliphatic carbocycles. The molecule has 1 aliphatic heterocycles. The van der Waals surface area contributed by atoms with Crippen LogP contribution in [0, 0.1) is 17.8 Å². The van der Waals surface area contributed by atoms with Crippen molar-refractivity contribution >= 4 is 44.9 Å². The van der Waals surface area contributed by atoms with Gasteiger partial charge in [-0.2, -0.15) is 0 Å². The normalized spacial score (nSPS) is 22.9. The van der Waals surface area contributed by atoms with Crippen LogP contribution in [0.3, 0.4) is 0 Å². The first-order valence-corrected chi connectivity index (χ1v) is 15.4. The number of pyridine rings is 1. The predicted octanol–water partition coefficient (Wildman–Crippen LogP) is 5.20. The Labute approximate surface area is 239 Å². The van der Waals surface area contributed by atoms with E-state index >= 15 is 0 Å². The predicted molar refractivity (Wildman–Crippen MR) is 160 cm³/mol. The van der Waals surface area contributed by atoms with E-state index in [1.165, 1.54) is 22.2 Å². The number of hydrogen-bond acceptors (Lipinski definition) is 7. The van der Waals surface area contributed by atoms with Gasteiger partial charge in [-0.05, 0) is 55.7 Å². The third kappa shape index (κ3) is 5.23. The number of carbonyl (C=O) groups excluding carboxylic acids is 2. The average Bonchev–Trinajstić information content (AvgIpc) is 3.34. The molecule has 8 nitrogen and oxygen atoms in total. The van der Waals surface area contributed by atoms with Crippen molar-refractivity contribution in [2.24, 2.45) is 17.8 Å². The minimum absolute atomic E-state index is 0.0768. The zero-order valence-corrected chi connectivity index (χ0v) is 24.4. The summed E-state index contributed by atoms with van der Waals surface area (Å²) in [6.45, 7) is 9.35. The zero-order chi connectivity index (χ0) is 27.8. The van der Waals surface area contributed by atoms with E-state index in [1.807, 2.05) is 34.5 Å². The van der Waals surface area contributed by atoms with Gasteiger partial charge in [0.15, 0.2) is 0 Å². The number of hydrogen-bond donors (Lipinski definition) is 1. The Morgan fingerprint density at radius 3 is 2.58 bits per heavy atom. The van der Waals surface area contributed by atoms with Gasteiger partial charge in [-0.15, -0.1) is 11.3 Å². The summed E-state index contributed by atoms with van der Waals surface area (Å²) >= 11 is 1.85. The quantitative estimate of drug-likeness (QED) is 0.433. The standard InChI is InChI=1S/C31H38N6O2S/c1-19(2)27-34-28(26-24-11-10-20(3)17-25(24)40-30(26)35-27)36-13-15-37(16-14-36)31(39)23-9-5-4-8-22(23)29(38)33-21-7-6-12-32-18-21/h4-7,12,18-20,22-23H,8-11,13-17H2,1-3H3,(H,33,38)/t20-,22+,23-/m1/s1. The second kappa shape index (κ2) is 11.3. The van der Waals surface area contributed by atoms with Gasteiger partial charge in [-0.3, -0.25) is 14.6 Å². The van der Waals surface area contributed by atoms with Crippen molar-refractivity contribution in [1.29, 1.82) is 0 Å². The van der Waals surface area contributed by atoms with Gasteiger partial charge in [-0.1, -0.05) is 32.9 Å². The summed E-state index contributed by atoms with van der Waals surface area (Å²) in [6.07, 6.45) is 11.9. The van der Waals surface area contributed by atoms with Crippen molar-refractivity contribution in [2.45, 2.75) is 58.8 Å². The molecule has 3 atom stereocenters. The Kier molecular flexibility index (Phi) is 7.57. The molecule has 1 fully saturated rings. The highest BCUT2D eigenvalue weighted by Gasteiger charge is 2.38. The van der Waals surface area contributed by atoms with E-state index in [-0.39, 0.29) is 29.6 Å². The SMILES string of the molecule is CC(C)c1nc(N2CCN(C(=O)[C@@H]3CC=CC[C@@H]3C(=O)Nc3cccnc3)CC2)c2c3c(sc2n1)C[C@H](C)CC3. The van der Waals surface area contributed by atoms with E-state index in [1.54, 1.807) is 18.5 Å². The lowest BCUT2D eigenvalue weighted by Gasteiger charge is -2.39. The fraction of sp³-hybridized carbons (Fsp3) is 0.516. The molecule has 3 aliphatic rings. The number of aromatic nitrogens is 3. The van der Waals surface area contributed by atoms with Gasteiger partial charge in [0.25, 0.3) is 0 Å². The lowest BCUT2D eigenvalue weighted by atomic mass is 9.81. The number of nitrogens with zero attached hydrogens (tertiary/aromatic N) is 5. The molecule has 6 rings (SSSR count). The molecule has 40 heavy (non-hydrogen) atoms. The molecular formula is C31H38N6O2S. The van der Waals surface area contributed by atoms with Crippen molar-refractivity contribution in [3.63, 3.8) is 0 Å². The lowest BCUT2D eigenvalue weighted by molar-refractivity contribution is -0.141. The molecule has 1 saturated heterocycles. The van der Waals surface area contributed by atoms with Crippen LogP contribution in [0.5, 0.6) is 0 Å². The van der Waals surface area contributed by atoms with E-state index in [0.717, 1.165) is 42.4 Å². The molecule has 3 aromatic rings. The number of carbonyl (C=O) groups is 2. The number of thiophene rings is 1. The highest BCUT2D eigenvalue weighted by Crippen LogP contribution is 2.42. The second-order valence-electron chi connectivity index (χ2n) is 11.8. The molecule has 2 amide bonds. The molecule has 3 aromatic heterocycles. The van der Waals surface area contributed by atoms with Crippen LogP contribution in [0.4, 0.5) is 11.5 Å². The van der Waals surface area contributed by atoms with Gasteiger partial charge in [0.2, 0.25) is 11.8 Å². The average molecular weight is 559 g/mol. The molecule has 0 saturated carbocycles. The maximum atomic E-state index is 13.8. The van der Waals surface area contributed by atoms with Crippen LogP contribution < -0.4 is 10.2 Å². The van der Waals surface area contributed by atoms with Gasteiger partial charge in [0.1, 0.15) is 16.5 Å². The number of nitrogens with one attached hydrogen (secondary N) is 1. The molecule has 210 valence electrons. The minimum atomic E-state index is -0.384. The lowest BCUT2D eigenvalue weighted by Crippen LogP contribution is -2.52. The Bertz CT molecular complexity index is 1430. The van der Waals surface area contributed by atoms with Gasteiger partial charge in [0.05, 0.1) is 29.1 Å². The van der Waals surface area contributed by atoms with Crippen LogP contribution in [-0.4, -0.2) is 57.8 Å². The summed E-state index contributed by atoms with van der Waals surface area (Å²) in [7, 11) is 0. The van der Waals surface area contributed by atoms with Gasteiger partial charge < -0.3 is 15.1 Å². The third-order valence-electron chi connectivity index (χ3n) is 8.58. The number of allylic oxidation sites excluding steroid dienone is 2. The maximum absolute atomic E-state index is 13.8. The van der Waals surface area contributed by atoms with E-state index in [2.05, 4.69) is 36.0 Å². The van der Waals surface area contributed by atoms with Crippen LogP contribution in [0.1, 0.15) is 62.2 Å². The fourth-order valence-corrected chi connectivity index (χ4v) is 7.63. The van der Waals surface area contributed by atoms with E-state index in [0.29, 0.717) is 37.5 Å². The Morgan fingerprint density at radius 2 is 1.85 bits per heavy atom. The Balaban J connectivity index is 1.19. The van der Waals surface area contributed by atoms with Gasteiger partial charge >= 0.3 is 0 Å². The topological polar surface area (TPSA) is 91.3 Å². The van der Waals surface area contributed by atoms with Crippen LogP contribution in [0.25, 0.3) is 10.2 Å².